The van der Waals surface area contributed by atoms with E-state index in [2.05, 4.69) is 21.2 Å². The lowest BCUT2D eigenvalue weighted by molar-refractivity contribution is -0.113. The molecule has 0 radical (unpaired) electrons. The summed E-state index contributed by atoms with van der Waals surface area (Å²) in [7, 11) is 0. The van der Waals surface area contributed by atoms with Gasteiger partial charge >= 0.3 is 0 Å². The third-order valence-electron chi connectivity index (χ3n) is 2.16. The molecule has 0 saturated heterocycles. The van der Waals surface area contributed by atoms with E-state index in [-0.39, 0.29) is 17.6 Å². The summed E-state index contributed by atoms with van der Waals surface area (Å²) in [5.74, 6) is 0.486. The molecule has 0 spiro atoms. The van der Waals surface area contributed by atoms with E-state index in [9.17, 15) is 9.18 Å². The maximum absolute atomic E-state index is 13.4. The molecule has 6 heteroatoms. The lowest BCUT2D eigenvalue weighted by atomic mass is 10.3. The average Bonchev–Trinajstić information content (AvgIpc) is 2.28. The van der Waals surface area contributed by atoms with Crippen molar-refractivity contribution in [2.24, 2.45) is 5.73 Å². The van der Waals surface area contributed by atoms with Gasteiger partial charge in [0.15, 0.2) is 0 Å². The molecule has 0 aliphatic rings. The van der Waals surface area contributed by atoms with E-state index in [4.69, 9.17) is 5.73 Å². The predicted molar refractivity (Wildman–Crippen MR) is 78.3 cm³/mol. The summed E-state index contributed by atoms with van der Waals surface area (Å²) < 4.78 is 14.1. The van der Waals surface area contributed by atoms with Gasteiger partial charge in [-0.3, -0.25) is 4.79 Å². The van der Waals surface area contributed by atoms with Crippen LogP contribution in [0, 0.1) is 5.82 Å². The van der Waals surface area contributed by atoms with Crippen LogP contribution < -0.4 is 11.1 Å². The maximum Gasteiger partial charge on any atom is 0.234 e. The van der Waals surface area contributed by atoms with Crippen molar-refractivity contribution >= 4 is 39.3 Å². The molecular weight excluding hydrogens is 319 g/mol. The molecule has 1 rings (SSSR count). The molecule has 0 aliphatic heterocycles. The van der Waals surface area contributed by atoms with Crippen LogP contribution >= 0.6 is 27.7 Å². The molecule has 1 atom stereocenters. The van der Waals surface area contributed by atoms with Gasteiger partial charge < -0.3 is 11.1 Å². The molecule has 0 bridgehead atoms. The molecule has 3 nitrogen and oxygen atoms in total. The summed E-state index contributed by atoms with van der Waals surface area (Å²) in [5, 5.41) is 2.54. The number of nitrogens with two attached hydrogens (primary N) is 1. The fourth-order valence-electron chi connectivity index (χ4n) is 1.21. The van der Waals surface area contributed by atoms with E-state index in [0.29, 0.717) is 10.2 Å². The summed E-state index contributed by atoms with van der Waals surface area (Å²) in [6.45, 7) is 1.93. The Morgan fingerprint density at radius 1 is 1.61 bits per heavy atom. The van der Waals surface area contributed by atoms with Gasteiger partial charge in [0.2, 0.25) is 5.91 Å². The van der Waals surface area contributed by atoms with Crippen LogP contribution in [-0.4, -0.2) is 23.5 Å². The Hall–Kier alpha value is -0.590. The van der Waals surface area contributed by atoms with Crippen LogP contribution in [0.3, 0.4) is 0 Å². The number of thioether (sulfide) groups is 1. The molecule has 1 unspecified atom stereocenters. The van der Waals surface area contributed by atoms with Gasteiger partial charge in [0.05, 0.1) is 11.4 Å². The van der Waals surface area contributed by atoms with Gasteiger partial charge in [0.1, 0.15) is 5.82 Å². The second-order valence-corrected chi connectivity index (χ2v) is 6.01. The largest absolute Gasteiger partial charge is 0.328 e. The number of benzene rings is 1. The predicted octanol–water partition coefficient (Wildman–Crippen LogP) is 3.00. The zero-order chi connectivity index (χ0) is 13.5. The maximum atomic E-state index is 13.4. The summed E-state index contributed by atoms with van der Waals surface area (Å²) in [6, 6.07) is 4.68. The Balaban J connectivity index is 2.35. The zero-order valence-corrected chi connectivity index (χ0v) is 12.5. The first-order chi connectivity index (χ1) is 8.49. The van der Waals surface area contributed by atoms with Crippen LogP contribution in [0.4, 0.5) is 10.1 Å². The van der Waals surface area contributed by atoms with Gasteiger partial charge in [-0.25, -0.2) is 4.39 Å². The summed E-state index contributed by atoms with van der Waals surface area (Å²) in [4.78, 5) is 11.6. The molecule has 1 amide bonds. The first kappa shape index (κ1) is 15.5. The van der Waals surface area contributed by atoms with Crippen molar-refractivity contribution < 1.29 is 9.18 Å². The summed E-state index contributed by atoms with van der Waals surface area (Å²) in [5.41, 5.74) is 5.80. The Labute approximate surface area is 119 Å². The second kappa shape index (κ2) is 7.76. The van der Waals surface area contributed by atoms with E-state index in [0.717, 1.165) is 12.2 Å². The average molecular weight is 335 g/mol. The molecule has 0 aromatic heterocycles. The lowest BCUT2D eigenvalue weighted by Crippen LogP contribution is -2.18. The molecule has 3 N–H and O–H groups in total. The standard InChI is InChI=1S/C12H16BrFN2OS/c1-8(15)4-5-18-7-12(17)16-11-3-2-9(13)6-10(11)14/h2-3,6,8H,4-5,7,15H2,1H3,(H,16,17). The Kier molecular flexibility index (Phi) is 6.67. The highest BCUT2D eigenvalue weighted by atomic mass is 79.9. The summed E-state index contributed by atoms with van der Waals surface area (Å²) in [6.07, 6.45) is 0.866. The zero-order valence-electron chi connectivity index (χ0n) is 10.1. The van der Waals surface area contributed by atoms with Gasteiger partial charge in [-0.2, -0.15) is 11.8 Å². The van der Waals surface area contributed by atoms with Gasteiger partial charge in [-0.15, -0.1) is 0 Å². The highest BCUT2D eigenvalue weighted by Crippen LogP contribution is 2.19. The fraction of sp³-hybridized carbons (Fsp3) is 0.417. The van der Waals surface area contributed by atoms with Crippen LogP contribution in [0.5, 0.6) is 0 Å². The number of nitrogens with one attached hydrogen (secondary N) is 1. The molecule has 18 heavy (non-hydrogen) atoms. The Morgan fingerprint density at radius 3 is 2.94 bits per heavy atom. The van der Waals surface area contributed by atoms with Crippen LogP contribution in [0.25, 0.3) is 0 Å². The lowest BCUT2D eigenvalue weighted by Gasteiger charge is -2.07. The van der Waals surface area contributed by atoms with Gasteiger partial charge in [-0.1, -0.05) is 15.9 Å². The minimum Gasteiger partial charge on any atom is -0.328 e. The number of rotatable bonds is 6. The third kappa shape index (κ3) is 5.84. The van der Waals surface area contributed by atoms with Crippen LogP contribution in [0.15, 0.2) is 22.7 Å². The van der Waals surface area contributed by atoms with Crippen molar-refractivity contribution in [3.63, 3.8) is 0 Å². The van der Waals surface area contributed by atoms with Gasteiger partial charge in [0, 0.05) is 10.5 Å². The molecule has 0 heterocycles. The number of hydrogen-bond acceptors (Lipinski definition) is 3. The number of halogens is 2. The first-order valence-corrected chi connectivity index (χ1v) is 7.52. The highest BCUT2D eigenvalue weighted by Gasteiger charge is 2.07. The van der Waals surface area contributed by atoms with Gasteiger partial charge in [0.25, 0.3) is 0 Å². The van der Waals surface area contributed by atoms with Crippen LogP contribution in [0.2, 0.25) is 0 Å². The SMILES string of the molecule is CC(N)CCSCC(=O)Nc1ccc(Br)cc1F. The van der Waals surface area contributed by atoms with Crippen molar-refractivity contribution in [2.45, 2.75) is 19.4 Å². The van der Waals surface area contributed by atoms with E-state index < -0.39 is 5.82 Å². The number of hydrogen-bond donors (Lipinski definition) is 2. The van der Waals surface area contributed by atoms with E-state index in [1.807, 2.05) is 6.92 Å². The van der Waals surface area contributed by atoms with Crippen LogP contribution in [-0.2, 0) is 4.79 Å². The quantitative estimate of drug-likeness (QED) is 0.786. The second-order valence-electron chi connectivity index (χ2n) is 3.99. The normalized spacial score (nSPS) is 12.2. The third-order valence-corrected chi connectivity index (χ3v) is 3.64. The molecule has 0 fully saturated rings. The first-order valence-electron chi connectivity index (χ1n) is 5.57. The van der Waals surface area contributed by atoms with Crippen molar-refractivity contribution in [3.05, 3.63) is 28.5 Å². The van der Waals surface area contributed by atoms with E-state index in [1.54, 1.807) is 6.07 Å². The molecule has 0 saturated carbocycles. The molecular formula is C12H16BrFN2OS. The Morgan fingerprint density at radius 2 is 2.33 bits per heavy atom. The number of anilines is 1. The Bertz CT molecular complexity index is 415. The van der Waals surface area contributed by atoms with E-state index >= 15 is 0 Å². The minimum atomic E-state index is -0.446. The number of carbonyl (C=O) groups is 1. The topological polar surface area (TPSA) is 55.1 Å². The molecule has 100 valence electrons. The van der Waals surface area contributed by atoms with Crippen molar-refractivity contribution in [3.8, 4) is 0 Å². The monoisotopic (exact) mass is 334 g/mol. The van der Waals surface area contributed by atoms with Crippen LogP contribution in [0.1, 0.15) is 13.3 Å². The summed E-state index contributed by atoms with van der Waals surface area (Å²) >= 11 is 4.65. The van der Waals surface area contributed by atoms with E-state index in [1.165, 1.54) is 23.9 Å². The number of amides is 1. The fourth-order valence-corrected chi connectivity index (χ4v) is 2.48. The molecule has 1 aromatic rings. The number of carbonyl (C=O) groups excluding carboxylic acids is 1. The molecule has 0 aliphatic carbocycles. The highest BCUT2D eigenvalue weighted by molar-refractivity contribution is 9.10. The van der Waals surface area contributed by atoms with Crippen molar-refractivity contribution in [1.29, 1.82) is 0 Å². The van der Waals surface area contributed by atoms with Crippen molar-refractivity contribution in [1.82, 2.24) is 0 Å². The van der Waals surface area contributed by atoms with Crippen molar-refractivity contribution in [2.75, 3.05) is 16.8 Å². The smallest absolute Gasteiger partial charge is 0.234 e. The molecule has 1 aromatic carbocycles. The van der Waals surface area contributed by atoms with Gasteiger partial charge in [-0.05, 0) is 37.3 Å². The minimum absolute atomic E-state index is 0.143.